The molecule has 1 heterocycles. The molecule has 0 saturated heterocycles. The number of hydrogen-bond donors (Lipinski definition) is 0. The fraction of sp³-hybridized carbons (Fsp3) is 0. The maximum atomic E-state index is 6.03. The van der Waals surface area contributed by atoms with Crippen molar-refractivity contribution in [1.29, 1.82) is 0 Å². The van der Waals surface area contributed by atoms with Crippen LogP contribution in [0.1, 0.15) is 0 Å². The number of rotatable bonds is 2. The molecule has 0 unspecified atom stereocenters. The highest BCUT2D eigenvalue weighted by atomic mass is 127. The first kappa shape index (κ1) is 12.8. The van der Waals surface area contributed by atoms with E-state index in [1.807, 2.05) is 60.7 Å². The van der Waals surface area contributed by atoms with Crippen LogP contribution in [0.3, 0.4) is 0 Å². The lowest BCUT2D eigenvalue weighted by Crippen LogP contribution is -1.76. The van der Waals surface area contributed by atoms with Gasteiger partial charge in [-0.2, -0.15) is 0 Å². The first-order valence-electron chi connectivity index (χ1n) is 5.85. The Labute approximate surface area is 130 Å². The summed E-state index contributed by atoms with van der Waals surface area (Å²) in [5, 5.41) is 0.714. The van der Waals surface area contributed by atoms with Gasteiger partial charge in [-0.1, -0.05) is 54.1 Å². The molecule has 0 atom stereocenters. The second-order valence-electron chi connectivity index (χ2n) is 4.16. The summed E-state index contributed by atoms with van der Waals surface area (Å²) in [6, 6.07) is 19.8. The minimum absolute atomic E-state index is 0.714. The molecule has 1 aromatic heterocycles. The normalized spacial score (nSPS) is 10.6. The fourth-order valence-corrected chi connectivity index (χ4v) is 2.83. The molecule has 0 fully saturated rings. The summed E-state index contributed by atoms with van der Waals surface area (Å²) >= 11 is 8.31. The van der Waals surface area contributed by atoms with Crippen LogP contribution in [0.2, 0.25) is 5.02 Å². The van der Waals surface area contributed by atoms with Gasteiger partial charge < -0.3 is 4.42 Å². The molecule has 1 nitrogen and oxygen atoms in total. The van der Waals surface area contributed by atoms with Crippen LogP contribution in [-0.2, 0) is 0 Å². The van der Waals surface area contributed by atoms with Crippen molar-refractivity contribution in [1.82, 2.24) is 0 Å². The molecule has 3 heteroatoms. The molecule has 0 aliphatic rings. The Balaban J connectivity index is 2.08. The SMILES string of the molecule is Clc1cccc(-c2oc(-c3ccccc3)cc2I)c1. The van der Waals surface area contributed by atoms with Crippen molar-refractivity contribution in [3.05, 3.63) is 69.3 Å². The van der Waals surface area contributed by atoms with E-state index in [9.17, 15) is 0 Å². The molecule has 2 aromatic carbocycles. The molecule has 0 aliphatic heterocycles. The number of hydrogen-bond acceptors (Lipinski definition) is 1. The number of benzene rings is 2. The molecule has 0 N–H and O–H groups in total. The molecule has 94 valence electrons. The van der Waals surface area contributed by atoms with E-state index in [4.69, 9.17) is 16.0 Å². The summed E-state index contributed by atoms with van der Waals surface area (Å²) in [4.78, 5) is 0. The lowest BCUT2D eigenvalue weighted by molar-refractivity contribution is 0.596. The molecule has 0 radical (unpaired) electrons. The van der Waals surface area contributed by atoms with Crippen molar-refractivity contribution >= 4 is 34.2 Å². The zero-order chi connectivity index (χ0) is 13.2. The minimum atomic E-state index is 0.714. The Morgan fingerprint density at radius 1 is 0.842 bits per heavy atom. The van der Waals surface area contributed by atoms with E-state index in [1.54, 1.807) is 0 Å². The largest absolute Gasteiger partial charge is 0.455 e. The van der Waals surface area contributed by atoms with Crippen LogP contribution in [0.15, 0.2) is 65.1 Å². The van der Waals surface area contributed by atoms with Crippen molar-refractivity contribution in [3.63, 3.8) is 0 Å². The molecule has 19 heavy (non-hydrogen) atoms. The zero-order valence-electron chi connectivity index (χ0n) is 9.94. The highest BCUT2D eigenvalue weighted by Crippen LogP contribution is 2.34. The quantitative estimate of drug-likeness (QED) is 0.507. The molecular formula is C16H10ClIO. The summed E-state index contributed by atoms with van der Waals surface area (Å²) in [7, 11) is 0. The summed E-state index contributed by atoms with van der Waals surface area (Å²) in [5.41, 5.74) is 2.08. The second-order valence-corrected chi connectivity index (χ2v) is 5.76. The summed E-state index contributed by atoms with van der Waals surface area (Å²) in [5.74, 6) is 1.74. The van der Waals surface area contributed by atoms with Gasteiger partial charge in [0.1, 0.15) is 11.5 Å². The van der Waals surface area contributed by atoms with Crippen LogP contribution < -0.4 is 0 Å². The average Bonchev–Trinajstić information content (AvgIpc) is 2.82. The Morgan fingerprint density at radius 2 is 1.58 bits per heavy atom. The van der Waals surface area contributed by atoms with Crippen molar-refractivity contribution in [2.24, 2.45) is 0 Å². The van der Waals surface area contributed by atoms with E-state index in [0.29, 0.717) is 5.02 Å². The van der Waals surface area contributed by atoms with Gasteiger partial charge in [-0.25, -0.2) is 0 Å². The monoisotopic (exact) mass is 380 g/mol. The van der Waals surface area contributed by atoms with Crippen molar-refractivity contribution in [2.45, 2.75) is 0 Å². The smallest absolute Gasteiger partial charge is 0.148 e. The van der Waals surface area contributed by atoms with E-state index in [1.165, 1.54) is 0 Å². The van der Waals surface area contributed by atoms with Crippen LogP contribution in [0.4, 0.5) is 0 Å². The van der Waals surface area contributed by atoms with Crippen LogP contribution in [0.5, 0.6) is 0 Å². The highest BCUT2D eigenvalue weighted by molar-refractivity contribution is 14.1. The van der Waals surface area contributed by atoms with Gasteiger partial charge in [0.25, 0.3) is 0 Å². The maximum absolute atomic E-state index is 6.03. The van der Waals surface area contributed by atoms with E-state index >= 15 is 0 Å². The van der Waals surface area contributed by atoms with Crippen molar-refractivity contribution < 1.29 is 4.42 Å². The van der Waals surface area contributed by atoms with Gasteiger partial charge in [0.2, 0.25) is 0 Å². The Hall–Kier alpha value is -1.26. The third-order valence-electron chi connectivity index (χ3n) is 2.83. The lowest BCUT2D eigenvalue weighted by Gasteiger charge is -1.99. The predicted molar refractivity (Wildman–Crippen MR) is 87.3 cm³/mol. The van der Waals surface area contributed by atoms with Gasteiger partial charge in [-0.3, -0.25) is 0 Å². The Morgan fingerprint density at radius 3 is 2.32 bits per heavy atom. The van der Waals surface area contributed by atoms with Crippen LogP contribution in [-0.4, -0.2) is 0 Å². The second kappa shape index (κ2) is 5.39. The maximum Gasteiger partial charge on any atom is 0.148 e. The third-order valence-corrected chi connectivity index (χ3v) is 3.87. The highest BCUT2D eigenvalue weighted by Gasteiger charge is 2.12. The summed E-state index contributed by atoms with van der Waals surface area (Å²) in [6.45, 7) is 0. The van der Waals surface area contributed by atoms with E-state index in [0.717, 1.165) is 26.2 Å². The van der Waals surface area contributed by atoms with Crippen molar-refractivity contribution in [3.8, 4) is 22.6 Å². The average molecular weight is 381 g/mol. The topological polar surface area (TPSA) is 13.1 Å². The summed E-state index contributed by atoms with van der Waals surface area (Å²) in [6.07, 6.45) is 0. The molecule has 0 amide bonds. The fourth-order valence-electron chi connectivity index (χ4n) is 1.94. The van der Waals surface area contributed by atoms with E-state index in [2.05, 4.69) is 22.6 Å². The molecule has 0 bridgehead atoms. The Bertz CT molecular complexity index is 704. The van der Waals surface area contributed by atoms with E-state index in [-0.39, 0.29) is 0 Å². The van der Waals surface area contributed by atoms with Crippen molar-refractivity contribution in [2.75, 3.05) is 0 Å². The summed E-state index contributed by atoms with van der Waals surface area (Å²) < 4.78 is 7.06. The first-order chi connectivity index (χ1) is 9.24. The van der Waals surface area contributed by atoms with Gasteiger partial charge in [-0.15, -0.1) is 0 Å². The molecule has 3 aromatic rings. The van der Waals surface area contributed by atoms with E-state index < -0.39 is 0 Å². The zero-order valence-corrected chi connectivity index (χ0v) is 12.9. The van der Waals surface area contributed by atoms with Crippen LogP contribution in [0.25, 0.3) is 22.6 Å². The predicted octanol–water partition coefficient (Wildman–Crippen LogP) is 5.87. The molecular weight excluding hydrogens is 371 g/mol. The molecule has 0 spiro atoms. The third kappa shape index (κ3) is 2.69. The lowest BCUT2D eigenvalue weighted by atomic mass is 10.1. The van der Waals surface area contributed by atoms with Gasteiger partial charge in [0.15, 0.2) is 0 Å². The Kier molecular flexibility index (Phi) is 3.62. The number of furan rings is 1. The van der Waals surface area contributed by atoms with Gasteiger partial charge in [0.05, 0.1) is 3.57 Å². The van der Waals surface area contributed by atoms with Gasteiger partial charge in [-0.05, 0) is 40.8 Å². The molecule has 0 saturated carbocycles. The van der Waals surface area contributed by atoms with Crippen LogP contribution in [0, 0.1) is 3.57 Å². The molecule has 3 rings (SSSR count). The minimum Gasteiger partial charge on any atom is -0.455 e. The first-order valence-corrected chi connectivity index (χ1v) is 7.30. The van der Waals surface area contributed by atoms with Gasteiger partial charge in [0, 0.05) is 16.1 Å². The molecule has 0 aliphatic carbocycles. The standard InChI is InChI=1S/C16H10ClIO/c17-13-8-4-7-12(9-13)16-14(18)10-15(19-16)11-5-2-1-3-6-11/h1-10H. The van der Waals surface area contributed by atoms with Gasteiger partial charge >= 0.3 is 0 Å². The van der Waals surface area contributed by atoms with Crippen LogP contribution >= 0.6 is 34.2 Å². The number of halogens is 2.